The number of carbonyl (C=O) groups excluding carboxylic acids is 1. The number of carbonyl (C=O) groups is 1. The zero-order valence-corrected chi connectivity index (χ0v) is 11.4. The Hall–Kier alpha value is -1.78. The first-order chi connectivity index (χ1) is 9.10. The average Bonchev–Trinajstić information content (AvgIpc) is 2.42. The second-order valence-electron chi connectivity index (χ2n) is 3.56. The molecule has 0 bridgehead atoms. The SMILES string of the molecule is COc1ccc(OC(=O)c2cnc(Cl)c(Cl)c2)cc1. The Labute approximate surface area is 119 Å². The van der Waals surface area contributed by atoms with E-state index in [9.17, 15) is 4.79 Å². The number of esters is 1. The Morgan fingerprint density at radius 3 is 2.37 bits per heavy atom. The van der Waals surface area contributed by atoms with Gasteiger partial charge in [0.15, 0.2) is 0 Å². The monoisotopic (exact) mass is 297 g/mol. The largest absolute Gasteiger partial charge is 0.497 e. The number of hydrogen-bond acceptors (Lipinski definition) is 4. The number of halogens is 2. The summed E-state index contributed by atoms with van der Waals surface area (Å²) in [5, 5.41) is 0.341. The lowest BCUT2D eigenvalue weighted by atomic mass is 10.3. The van der Waals surface area contributed by atoms with Crippen molar-refractivity contribution in [2.24, 2.45) is 0 Å². The Kier molecular flexibility index (Phi) is 4.24. The lowest BCUT2D eigenvalue weighted by Crippen LogP contribution is -2.08. The van der Waals surface area contributed by atoms with E-state index in [1.54, 1.807) is 31.4 Å². The molecule has 1 aromatic carbocycles. The second kappa shape index (κ2) is 5.91. The summed E-state index contributed by atoms with van der Waals surface area (Å²) in [6.07, 6.45) is 1.31. The van der Waals surface area contributed by atoms with Crippen molar-refractivity contribution in [1.82, 2.24) is 4.98 Å². The summed E-state index contributed by atoms with van der Waals surface area (Å²) < 4.78 is 10.2. The molecular formula is C13H9Cl2NO3. The fourth-order valence-electron chi connectivity index (χ4n) is 1.34. The van der Waals surface area contributed by atoms with E-state index in [1.807, 2.05) is 0 Å². The van der Waals surface area contributed by atoms with Crippen LogP contribution < -0.4 is 9.47 Å². The van der Waals surface area contributed by atoms with E-state index in [2.05, 4.69) is 4.98 Å². The van der Waals surface area contributed by atoms with Crippen LogP contribution in [-0.2, 0) is 0 Å². The zero-order chi connectivity index (χ0) is 13.8. The summed E-state index contributed by atoms with van der Waals surface area (Å²) in [5.41, 5.74) is 0.227. The highest BCUT2D eigenvalue weighted by Crippen LogP contribution is 2.22. The molecule has 2 rings (SSSR count). The van der Waals surface area contributed by atoms with Crippen molar-refractivity contribution in [3.63, 3.8) is 0 Å². The van der Waals surface area contributed by atoms with Crippen LogP contribution in [-0.4, -0.2) is 18.1 Å². The van der Waals surface area contributed by atoms with Gasteiger partial charge in [0.1, 0.15) is 16.7 Å². The molecule has 6 heteroatoms. The first-order valence-corrected chi connectivity index (χ1v) is 6.03. The fraction of sp³-hybridized carbons (Fsp3) is 0.0769. The summed E-state index contributed by atoms with van der Waals surface area (Å²) in [4.78, 5) is 15.6. The van der Waals surface area contributed by atoms with E-state index in [4.69, 9.17) is 32.7 Å². The number of aromatic nitrogens is 1. The summed E-state index contributed by atoms with van der Waals surface area (Å²) >= 11 is 11.5. The normalized spacial score (nSPS) is 10.1. The molecule has 0 aliphatic rings. The number of ether oxygens (including phenoxy) is 2. The first-order valence-electron chi connectivity index (χ1n) is 5.27. The fourth-order valence-corrected chi connectivity index (χ4v) is 1.61. The third kappa shape index (κ3) is 3.36. The quantitative estimate of drug-likeness (QED) is 0.493. The molecule has 1 aromatic heterocycles. The highest BCUT2D eigenvalue weighted by molar-refractivity contribution is 6.41. The summed E-state index contributed by atoms with van der Waals surface area (Å²) in [7, 11) is 1.56. The van der Waals surface area contributed by atoms with Crippen LogP contribution in [0.2, 0.25) is 10.2 Å². The van der Waals surface area contributed by atoms with Gasteiger partial charge in [-0.1, -0.05) is 23.2 Å². The number of hydrogen-bond donors (Lipinski definition) is 0. The molecular weight excluding hydrogens is 289 g/mol. The van der Waals surface area contributed by atoms with Gasteiger partial charge in [-0.15, -0.1) is 0 Å². The molecule has 0 radical (unpaired) electrons. The molecule has 0 saturated carbocycles. The second-order valence-corrected chi connectivity index (χ2v) is 4.33. The van der Waals surface area contributed by atoms with E-state index in [1.165, 1.54) is 12.3 Å². The van der Waals surface area contributed by atoms with Crippen molar-refractivity contribution in [1.29, 1.82) is 0 Å². The Balaban J connectivity index is 2.13. The first kappa shape index (κ1) is 13.6. The minimum absolute atomic E-state index is 0.141. The van der Waals surface area contributed by atoms with Gasteiger partial charge in [-0.05, 0) is 30.3 Å². The number of pyridine rings is 1. The molecule has 0 saturated heterocycles. The van der Waals surface area contributed by atoms with Crippen LogP contribution in [0.3, 0.4) is 0 Å². The Morgan fingerprint density at radius 1 is 1.16 bits per heavy atom. The summed E-state index contributed by atoms with van der Waals surface area (Å²) in [6, 6.07) is 8.04. The molecule has 0 spiro atoms. The molecule has 0 fully saturated rings. The van der Waals surface area contributed by atoms with Gasteiger partial charge in [0.25, 0.3) is 0 Å². The van der Waals surface area contributed by atoms with E-state index in [0.717, 1.165) is 0 Å². The number of methoxy groups -OCH3 is 1. The number of nitrogens with zero attached hydrogens (tertiary/aromatic N) is 1. The van der Waals surface area contributed by atoms with Crippen LogP contribution in [0, 0.1) is 0 Å². The van der Waals surface area contributed by atoms with Crippen molar-refractivity contribution in [3.05, 3.63) is 52.3 Å². The lowest BCUT2D eigenvalue weighted by Gasteiger charge is -2.05. The minimum Gasteiger partial charge on any atom is -0.497 e. The predicted octanol–water partition coefficient (Wildman–Crippen LogP) is 3.62. The molecule has 0 aliphatic heterocycles. The molecule has 98 valence electrons. The van der Waals surface area contributed by atoms with Gasteiger partial charge in [0.2, 0.25) is 0 Å². The Morgan fingerprint density at radius 2 is 1.79 bits per heavy atom. The zero-order valence-electron chi connectivity index (χ0n) is 9.89. The maximum absolute atomic E-state index is 11.8. The average molecular weight is 298 g/mol. The molecule has 0 amide bonds. The van der Waals surface area contributed by atoms with Crippen molar-refractivity contribution in [3.8, 4) is 11.5 Å². The third-order valence-corrected chi connectivity index (χ3v) is 2.99. The molecule has 0 N–H and O–H groups in total. The maximum Gasteiger partial charge on any atom is 0.345 e. The van der Waals surface area contributed by atoms with Crippen LogP contribution >= 0.6 is 23.2 Å². The maximum atomic E-state index is 11.8. The van der Waals surface area contributed by atoms with Gasteiger partial charge in [-0.3, -0.25) is 0 Å². The van der Waals surface area contributed by atoms with Gasteiger partial charge in [-0.25, -0.2) is 9.78 Å². The van der Waals surface area contributed by atoms with Crippen LogP contribution in [0.4, 0.5) is 0 Å². The van der Waals surface area contributed by atoms with Crippen LogP contribution in [0.15, 0.2) is 36.5 Å². The molecule has 1 heterocycles. The summed E-state index contributed by atoms with van der Waals surface area (Å²) in [6.45, 7) is 0. The number of benzene rings is 1. The highest BCUT2D eigenvalue weighted by Gasteiger charge is 2.11. The molecule has 0 aliphatic carbocycles. The molecule has 0 atom stereocenters. The third-order valence-electron chi connectivity index (χ3n) is 2.30. The van der Waals surface area contributed by atoms with Gasteiger partial charge >= 0.3 is 5.97 Å². The predicted molar refractivity (Wildman–Crippen MR) is 72.2 cm³/mol. The highest BCUT2D eigenvalue weighted by atomic mass is 35.5. The topological polar surface area (TPSA) is 48.4 Å². The molecule has 0 unspecified atom stereocenters. The van der Waals surface area contributed by atoms with E-state index in [-0.39, 0.29) is 15.7 Å². The van der Waals surface area contributed by atoms with Gasteiger partial charge in [0.05, 0.1) is 17.7 Å². The van der Waals surface area contributed by atoms with Crippen molar-refractivity contribution < 1.29 is 14.3 Å². The molecule has 4 nitrogen and oxygen atoms in total. The minimum atomic E-state index is -0.559. The lowest BCUT2D eigenvalue weighted by molar-refractivity contribution is 0.0734. The van der Waals surface area contributed by atoms with Crippen LogP contribution in [0.25, 0.3) is 0 Å². The van der Waals surface area contributed by atoms with Gasteiger partial charge in [-0.2, -0.15) is 0 Å². The standard InChI is InChI=1S/C13H9Cl2NO3/c1-18-9-2-4-10(5-3-9)19-13(17)8-6-11(14)12(15)16-7-8/h2-7H,1H3. The van der Waals surface area contributed by atoms with Crippen molar-refractivity contribution in [2.75, 3.05) is 7.11 Å². The van der Waals surface area contributed by atoms with Crippen LogP contribution in [0.5, 0.6) is 11.5 Å². The Bertz CT molecular complexity index is 599. The molecule has 19 heavy (non-hydrogen) atoms. The van der Waals surface area contributed by atoms with Crippen LogP contribution in [0.1, 0.15) is 10.4 Å². The van der Waals surface area contributed by atoms with E-state index in [0.29, 0.717) is 11.5 Å². The van der Waals surface area contributed by atoms with Gasteiger partial charge < -0.3 is 9.47 Å². The van der Waals surface area contributed by atoms with Crippen molar-refractivity contribution >= 4 is 29.2 Å². The smallest absolute Gasteiger partial charge is 0.345 e. The number of rotatable bonds is 3. The van der Waals surface area contributed by atoms with Crippen molar-refractivity contribution in [2.45, 2.75) is 0 Å². The molecule has 2 aromatic rings. The van der Waals surface area contributed by atoms with E-state index < -0.39 is 5.97 Å². The van der Waals surface area contributed by atoms with E-state index >= 15 is 0 Å². The van der Waals surface area contributed by atoms with Gasteiger partial charge in [0, 0.05) is 6.20 Å². The summed E-state index contributed by atoms with van der Waals surface area (Å²) in [5.74, 6) is 0.518.